The van der Waals surface area contributed by atoms with Gasteiger partial charge in [0.25, 0.3) is 0 Å². The minimum atomic E-state index is 0.554. The number of ether oxygens (including phenoxy) is 1. The molecule has 0 fully saturated rings. The van der Waals surface area contributed by atoms with Gasteiger partial charge in [0.2, 0.25) is 0 Å². The number of anilines is 1. The summed E-state index contributed by atoms with van der Waals surface area (Å²) in [5, 5.41) is 5.38. The van der Waals surface area contributed by atoms with Crippen LogP contribution in [0.4, 0.5) is 5.82 Å². The van der Waals surface area contributed by atoms with E-state index in [9.17, 15) is 0 Å². The average molecular weight is 403 g/mol. The Kier molecular flexibility index (Phi) is 5.53. The molecular weight excluding hydrogens is 380 g/mol. The van der Waals surface area contributed by atoms with E-state index >= 15 is 0 Å². The monoisotopic (exact) mass is 402 g/mol. The van der Waals surface area contributed by atoms with Gasteiger partial charge < -0.3 is 4.74 Å². The summed E-state index contributed by atoms with van der Waals surface area (Å²) in [7, 11) is 0. The van der Waals surface area contributed by atoms with E-state index in [1.807, 2.05) is 24.3 Å². The zero-order valence-electron chi connectivity index (χ0n) is 16.6. The van der Waals surface area contributed by atoms with Crippen molar-refractivity contribution in [1.82, 2.24) is 9.97 Å². The highest BCUT2D eigenvalue weighted by Gasteiger charge is 2.11. The van der Waals surface area contributed by atoms with Crippen LogP contribution in [0.1, 0.15) is 27.1 Å². The quantitative estimate of drug-likeness (QED) is 0.335. The molecule has 0 unspecified atom stereocenters. The number of fused-ring (bicyclic) bond motifs is 1. The highest BCUT2D eigenvalue weighted by molar-refractivity contribution is 7.18. The fourth-order valence-electron chi connectivity index (χ4n) is 2.94. The molecular formula is C23H22N4OS. The second-order valence-electron chi connectivity index (χ2n) is 6.90. The van der Waals surface area contributed by atoms with Crippen LogP contribution in [0.2, 0.25) is 0 Å². The maximum Gasteiger partial charge on any atom is 0.158 e. The Morgan fingerprint density at radius 2 is 1.76 bits per heavy atom. The fraction of sp³-hybridized carbons (Fsp3) is 0.174. The van der Waals surface area contributed by atoms with Crippen molar-refractivity contribution >= 4 is 33.6 Å². The molecule has 6 heteroatoms. The Bertz CT molecular complexity index is 1150. The fourth-order valence-corrected chi connectivity index (χ4v) is 3.93. The lowest BCUT2D eigenvalue weighted by Gasteiger charge is -2.07. The summed E-state index contributed by atoms with van der Waals surface area (Å²) >= 11 is 1.67. The summed E-state index contributed by atoms with van der Waals surface area (Å²) < 4.78 is 5.85. The van der Waals surface area contributed by atoms with Crippen molar-refractivity contribution in [2.24, 2.45) is 5.10 Å². The van der Waals surface area contributed by atoms with Crippen LogP contribution in [0.15, 0.2) is 60.0 Å². The SMILES string of the molecule is Cc1ccc(COc2ccc(/C=N\Nc3ncnc4sc(C)c(C)c34)cc2)cc1. The maximum atomic E-state index is 5.85. The van der Waals surface area contributed by atoms with Crippen molar-refractivity contribution in [1.29, 1.82) is 0 Å². The third-order valence-corrected chi connectivity index (χ3v) is 5.87. The molecule has 2 aromatic carbocycles. The van der Waals surface area contributed by atoms with Crippen LogP contribution in [0, 0.1) is 20.8 Å². The lowest BCUT2D eigenvalue weighted by Crippen LogP contribution is -1.97. The highest BCUT2D eigenvalue weighted by Crippen LogP contribution is 2.32. The standard InChI is InChI=1S/C23H22N4OS/c1-15-4-6-19(7-5-15)13-28-20-10-8-18(9-11-20)12-26-27-22-21-16(2)17(3)29-23(21)25-14-24-22/h4-12,14H,13H2,1-3H3,(H,24,25,27)/b26-12-. The zero-order chi connectivity index (χ0) is 20.2. The molecule has 0 radical (unpaired) electrons. The van der Waals surface area contributed by atoms with E-state index in [-0.39, 0.29) is 0 Å². The van der Waals surface area contributed by atoms with Crippen LogP contribution < -0.4 is 10.2 Å². The molecule has 0 atom stereocenters. The van der Waals surface area contributed by atoms with Gasteiger partial charge in [-0.15, -0.1) is 11.3 Å². The molecule has 0 saturated carbocycles. The Balaban J connectivity index is 1.39. The van der Waals surface area contributed by atoms with Crippen LogP contribution >= 0.6 is 11.3 Å². The van der Waals surface area contributed by atoms with Gasteiger partial charge in [-0.25, -0.2) is 9.97 Å². The summed E-state index contributed by atoms with van der Waals surface area (Å²) in [6.07, 6.45) is 3.34. The number of hydrogen-bond acceptors (Lipinski definition) is 6. The summed E-state index contributed by atoms with van der Waals surface area (Å²) in [6, 6.07) is 16.2. The van der Waals surface area contributed by atoms with Gasteiger partial charge in [-0.2, -0.15) is 5.10 Å². The predicted molar refractivity (Wildman–Crippen MR) is 120 cm³/mol. The first kappa shape index (κ1) is 19.1. The second kappa shape index (κ2) is 8.41. The van der Waals surface area contributed by atoms with Gasteiger partial charge in [0.1, 0.15) is 23.5 Å². The van der Waals surface area contributed by atoms with Crippen molar-refractivity contribution in [3.63, 3.8) is 0 Å². The highest BCUT2D eigenvalue weighted by atomic mass is 32.1. The molecule has 2 aromatic heterocycles. The minimum Gasteiger partial charge on any atom is -0.489 e. The predicted octanol–water partition coefficient (Wildman–Crippen LogP) is 5.64. The van der Waals surface area contributed by atoms with Crippen LogP contribution in [-0.2, 0) is 6.61 Å². The summed E-state index contributed by atoms with van der Waals surface area (Å²) in [6.45, 7) is 6.81. The zero-order valence-corrected chi connectivity index (χ0v) is 17.5. The Labute approximate surface area is 174 Å². The molecule has 0 aliphatic heterocycles. The van der Waals surface area contributed by atoms with Crippen LogP contribution in [-0.4, -0.2) is 16.2 Å². The number of hydrogen-bond donors (Lipinski definition) is 1. The molecule has 29 heavy (non-hydrogen) atoms. The number of nitrogens with zero attached hydrogens (tertiary/aromatic N) is 3. The van der Waals surface area contributed by atoms with Crippen molar-refractivity contribution in [2.45, 2.75) is 27.4 Å². The smallest absolute Gasteiger partial charge is 0.158 e. The largest absolute Gasteiger partial charge is 0.489 e. The molecule has 1 N–H and O–H groups in total. The maximum absolute atomic E-state index is 5.85. The molecule has 0 aliphatic rings. The molecule has 0 bridgehead atoms. The van der Waals surface area contributed by atoms with Gasteiger partial charge >= 0.3 is 0 Å². The third-order valence-electron chi connectivity index (χ3n) is 4.76. The second-order valence-corrected chi connectivity index (χ2v) is 8.10. The van der Waals surface area contributed by atoms with Crippen molar-refractivity contribution < 1.29 is 4.74 Å². The molecule has 4 aromatic rings. The molecule has 4 rings (SSSR count). The van der Waals surface area contributed by atoms with Crippen molar-refractivity contribution in [3.8, 4) is 5.75 Å². The molecule has 0 aliphatic carbocycles. The van der Waals surface area contributed by atoms with Crippen LogP contribution in [0.5, 0.6) is 5.75 Å². The van der Waals surface area contributed by atoms with Crippen LogP contribution in [0.3, 0.4) is 0 Å². The van der Waals surface area contributed by atoms with Crippen LogP contribution in [0.25, 0.3) is 10.2 Å². The van der Waals surface area contributed by atoms with E-state index in [1.54, 1.807) is 23.9 Å². The van der Waals surface area contributed by atoms with Gasteiger partial charge in [0.15, 0.2) is 5.82 Å². The van der Waals surface area contributed by atoms with E-state index in [0.717, 1.165) is 32.9 Å². The van der Waals surface area contributed by atoms with E-state index in [2.05, 4.69) is 65.5 Å². The number of nitrogens with one attached hydrogen (secondary N) is 1. The summed E-state index contributed by atoms with van der Waals surface area (Å²) in [4.78, 5) is 10.9. The number of thiophene rings is 1. The minimum absolute atomic E-state index is 0.554. The van der Waals surface area contributed by atoms with Crippen molar-refractivity contribution in [3.05, 3.63) is 82.0 Å². The topological polar surface area (TPSA) is 59.4 Å². The van der Waals surface area contributed by atoms with Gasteiger partial charge in [0, 0.05) is 4.88 Å². The molecule has 5 nitrogen and oxygen atoms in total. The summed E-state index contributed by atoms with van der Waals surface area (Å²) in [5.41, 5.74) is 7.62. The molecule has 0 amide bonds. The lowest BCUT2D eigenvalue weighted by atomic mass is 10.2. The molecule has 0 saturated heterocycles. The number of hydrazone groups is 1. The average Bonchev–Trinajstić information content (AvgIpc) is 3.03. The first-order chi connectivity index (χ1) is 14.1. The number of benzene rings is 2. The van der Waals surface area contributed by atoms with E-state index < -0.39 is 0 Å². The van der Waals surface area contributed by atoms with Gasteiger partial charge in [-0.05, 0) is 61.7 Å². The number of aryl methyl sites for hydroxylation is 3. The van der Waals surface area contributed by atoms with E-state index in [4.69, 9.17) is 4.74 Å². The van der Waals surface area contributed by atoms with E-state index in [0.29, 0.717) is 6.61 Å². The molecule has 146 valence electrons. The summed E-state index contributed by atoms with van der Waals surface area (Å²) in [5.74, 6) is 1.56. The van der Waals surface area contributed by atoms with Crippen molar-refractivity contribution in [2.75, 3.05) is 5.43 Å². The molecule has 2 heterocycles. The van der Waals surface area contributed by atoms with Gasteiger partial charge in [0.05, 0.1) is 11.6 Å². The number of aromatic nitrogens is 2. The number of rotatable bonds is 6. The van der Waals surface area contributed by atoms with Gasteiger partial charge in [-0.3, -0.25) is 5.43 Å². The Morgan fingerprint density at radius 3 is 2.52 bits per heavy atom. The normalized spacial score (nSPS) is 11.3. The lowest BCUT2D eigenvalue weighted by molar-refractivity contribution is 0.306. The van der Waals surface area contributed by atoms with E-state index in [1.165, 1.54) is 16.0 Å². The Morgan fingerprint density at radius 1 is 1.00 bits per heavy atom. The first-order valence-corrected chi connectivity index (χ1v) is 10.2. The third kappa shape index (κ3) is 4.43. The Hall–Kier alpha value is -3.25. The first-order valence-electron chi connectivity index (χ1n) is 9.38. The van der Waals surface area contributed by atoms with Gasteiger partial charge in [-0.1, -0.05) is 29.8 Å². The molecule has 0 spiro atoms.